The molecule has 45 heavy (non-hydrogen) atoms. The highest BCUT2D eigenvalue weighted by Crippen LogP contribution is 2.50. The fourth-order valence-corrected chi connectivity index (χ4v) is 9.52. The van der Waals surface area contributed by atoms with Crippen LogP contribution in [0, 0.1) is 0 Å². The zero-order valence-electron chi connectivity index (χ0n) is 32.5. The number of hydrogen-bond acceptors (Lipinski definition) is 0. The van der Waals surface area contributed by atoms with Gasteiger partial charge in [-0.25, -0.2) is 0 Å². The number of aryl methyl sites for hydroxylation is 5. The van der Waals surface area contributed by atoms with E-state index in [0.29, 0.717) is 0 Å². The van der Waals surface area contributed by atoms with E-state index in [-0.39, 0.29) is 10.8 Å². The van der Waals surface area contributed by atoms with E-state index >= 15 is 0 Å². The summed E-state index contributed by atoms with van der Waals surface area (Å²) in [6.45, 7) is 33.0. The summed E-state index contributed by atoms with van der Waals surface area (Å²) in [5, 5.41) is 3.30. The van der Waals surface area contributed by atoms with Gasteiger partial charge >= 0.3 is 0 Å². The quantitative estimate of drug-likeness (QED) is 0.118. The topological polar surface area (TPSA) is 4.93 Å². The van der Waals surface area contributed by atoms with Crippen molar-refractivity contribution >= 4 is 21.8 Å². The van der Waals surface area contributed by atoms with Crippen molar-refractivity contribution in [2.24, 2.45) is 0 Å². The lowest BCUT2D eigenvalue weighted by molar-refractivity contribution is 0.390. The zero-order valence-corrected chi connectivity index (χ0v) is 32.5. The second-order valence-corrected chi connectivity index (χ2v) is 14.7. The molecule has 3 aromatic rings. The first-order chi connectivity index (χ1) is 21.6. The normalized spacial score (nSPS) is 14.9. The fourth-order valence-electron chi connectivity index (χ4n) is 9.52. The molecule has 0 fully saturated rings. The second-order valence-electron chi connectivity index (χ2n) is 14.7. The van der Waals surface area contributed by atoms with E-state index in [4.69, 9.17) is 0 Å². The average molecular weight is 616 g/mol. The first-order valence-electron chi connectivity index (χ1n) is 19.8. The molecule has 1 heterocycles. The highest BCUT2D eigenvalue weighted by Gasteiger charge is 2.37. The highest BCUT2D eigenvalue weighted by molar-refractivity contribution is 6.15. The molecule has 1 aromatic heterocycles. The lowest BCUT2D eigenvalue weighted by atomic mass is 9.68. The summed E-state index contributed by atoms with van der Waals surface area (Å²) in [5.74, 6) is 0. The Kier molecular flexibility index (Phi) is 13.7. The standard InChI is InChI=1S/C44H73N/c1-14-25-27-28-30-44(13,23-10)40-32(17-4)34(19-6)42-38(36(40)21-8)37-35(20-7)39(43(12,22-9)29-26-15-2)31(16-3)33(18-5)41(37)45(42)24-11/h14-30H2,1-13H3. The summed E-state index contributed by atoms with van der Waals surface area (Å²) >= 11 is 0. The number of unbranched alkanes of at least 4 members (excludes halogenated alkanes) is 4. The molecule has 0 spiro atoms. The monoisotopic (exact) mass is 616 g/mol. The van der Waals surface area contributed by atoms with Gasteiger partial charge in [-0.2, -0.15) is 0 Å². The molecule has 3 rings (SSSR count). The minimum Gasteiger partial charge on any atom is -0.340 e. The summed E-state index contributed by atoms with van der Waals surface area (Å²) in [6.07, 6.45) is 19.7. The maximum absolute atomic E-state index is 2.81. The highest BCUT2D eigenvalue weighted by atomic mass is 15.0. The molecule has 1 nitrogen and oxygen atoms in total. The summed E-state index contributed by atoms with van der Waals surface area (Å²) in [6, 6.07) is 0. The van der Waals surface area contributed by atoms with Crippen molar-refractivity contribution in [3.05, 3.63) is 44.5 Å². The molecule has 254 valence electrons. The average Bonchev–Trinajstić information content (AvgIpc) is 3.41. The van der Waals surface area contributed by atoms with Crippen molar-refractivity contribution < 1.29 is 0 Å². The van der Waals surface area contributed by atoms with Gasteiger partial charge in [-0.1, -0.05) is 122 Å². The molecule has 0 aliphatic carbocycles. The van der Waals surface area contributed by atoms with Crippen LogP contribution in [0.15, 0.2) is 0 Å². The molecule has 1 heteroatoms. The van der Waals surface area contributed by atoms with Crippen LogP contribution >= 0.6 is 0 Å². The minimum absolute atomic E-state index is 0.217. The molecule has 2 unspecified atom stereocenters. The molecular weight excluding hydrogens is 542 g/mol. The van der Waals surface area contributed by atoms with Gasteiger partial charge in [0, 0.05) is 17.3 Å². The van der Waals surface area contributed by atoms with Gasteiger partial charge in [0.15, 0.2) is 0 Å². The van der Waals surface area contributed by atoms with Crippen LogP contribution in [0.5, 0.6) is 0 Å². The van der Waals surface area contributed by atoms with Crippen LogP contribution in [0.3, 0.4) is 0 Å². The van der Waals surface area contributed by atoms with E-state index in [9.17, 15) is 0 Å². The molecular formula is C44H73N. The van der Waals surface area contributed by atoms with E-state index in [0.717, 1.165) is 45.1 Å². The van der Waals surface area contributed by atoms with E-state index in [1.165, 1.54) is 64.2 Å². The third-order valence-corrected chi connectivity index (χ3v) is 12.2. The molecule has 0 bridgehead atoms. The predicted octanol–water partition coefficient (Wildman–Crippen LogP) is 13.7. The van der Waals surface area contributed by atoms with Crippen LogP contribution in [0.4, 0.5) is 0 Å². The maximum atomic E-state index is 2.81. The second kappa shape index (κ2) is 16.4. The smallest absolute Gasteiger partial charge is 0.0529 e. The summed E-state index contributed by atoms with van der Waals surface area (Å²) < 4.78 is 2.81. The number of hydrogen-bond donors (Lipinski definition) is 0. The van der Waals surface area contributed by atoms with Crippen molar-refractivity contribution in [2.45, 2.75) is 210 Å². The van der Waals surface area contributed by atoms with Gasteiger partial charge in [0.1, 0.15) is 0 Å². The first-order valence-corrected chi connectivity index (χ1v) is 19.8. The molecule has 0 aliphatic rings. The lowest BCUT2D eigenvalue weighted by Gasteiger charge is -2.36. The molecule has 2 aromatic carbocycles. The van der Waals surface area contributed by atoms with Gasteiger partial charge in [-0.05, 0) is 126 Å². The van der Waals surface area contributed by atoms with Crippen LogP contribution in [0.25, 0.3) is 21.8 Å². The van der Waals surface area contributed by atoms with E-state index in [1.807, 2.05) is 0 Å². The number of benzene rings is 2. The van der Waals surface area contributed by atoms with Gasteiger partial charge in [0.2, 0.25) is 0 Å². The lowest BCUT2D eigenvalue weighted by Crippen LogP contribution is -2.26. The van der Waals surface area contributed by atoms with Gasteiger partial charge in [0.25, 0.3) is 0 Å². The summed E-state index contributed by atoms with van der Waals surface area (Å²) in [7, 11) is 0. The number of fused-ring (bicyclic) bond motifs is 3. The molecule has 0 N–H and O–H groups in total. The Labute approximate surface area is 280 Å². The molecule has 0 saturated heterocycles. The Morgan fingerprint density at radius 3 is 1.11 bits per heavy atom. The number of nitrogens with zero attached hydrogens (tertiary/aromatic N) is 1. The third kappa shape index (κ3) is 6.54. The molecule has 0 aliphatic heterocycles. The largest absolute Gasteiger partial charge is 0.340 e. The summed E-state index contributed by atoms with van der Waals surface area (Å²) in [4.78, 5) is 0. The Morgan fingerprint density at radius 1 is 0.422 bits per heavy atom. The zero-order chi connectivity index (χ0) is 33.5. The van der Waals surface area contributed by atoms with Crippen LogP contribution < -0.4 is 0 Å². The predicted molar refractivity (Wildman–Crippen MR) is 205 cm³/mol. The van der Waals surface area contributed by atoms with Crippen molar-refractivity contribution in [1.29, 1.82) is 0 Å². The number of rotatable bonds is 19. The fraction of sp³-hybridized carbons (Fsp3) is 0.727. The third-order valence-electron chi connectivity index (χ3n) is 12.2. The van der Waals surface area contributed by atoms with E-state index in [2.05, 4.69) is 94.6 Å². The van der Waals surface area contributed by atoms with Gasteiger partial charge < -0.3 is 4.57 Å². The number of aromatic nitrogens is 1. The van der Waals surface area contributed by atoms with Gasteiger partial charge in [-0.3, -0.25) is 0 Å². The maximum Gasteiger partial charge on any atom is 0.0529 e. The van der Waals surface area contributed by atoms with Gasteiger partial charge in [-0.15, -0.1) is 0 Å². The van der Waals surface area contributed by atoms with E-state index in [1.54, 1.807) is 66.3 Å². The van der Waals surface area contributed by atoms with Crippen LogP contribution in [0.1, 0.15) is 199 Å². The Hall–Kier alpha value is -1.76. The van der Waals surface area contributed by atoms with Crippen molar-refractivity contribution in [1.82, 2.24) is 4.57 Å². The summed E-state index contributed by atoms with van der Waals surface area (Å²) in [5.41, 5.74) is 17.1. The molecule has 0 saturated carbocycles. The Bertz CT molecular complexity index is 1420. The van der Waals surface area contributed by atoms with Crippen LogP contribution in [-0.2, 0) is 55.9 Å². The van der Waals surface area contributed by atoms with Crippen LogP contribution in [0.2, 0.25) is 0 Å². The molecule has 2 atom stereocenters. The Balaban J connectivity index is 2.77. The van der Waals surface area contributed by atoms with Gasteiger partial charge in [0.05, 0.1) is 11.0 Å². The molecule has 0 radical (unpaired) electrons. The minimum atomic E-state index is 0.217. The SMILES string of the molecule is CCCCCCC(C)(CC)c1c(CC)c(CC)c2c(c1CC)c1c(CC)c(C(C)(CC)CCCC)c(CC)c(CC)c1n2CC. The van der Waals surface area contributed by atoms with E-state index < -0.39 is 0 Å². The van der Waals surface area contributed by atoms with Crippen molar-refractivity contribution in [2.75, 3.05) is 0 Å². The van der Waals surface area contributed by atoms with Crippen molar-refractivity contribution in [3.63, 3.8) is 0 Å². The van der Waals surface area contributed by atoms with Crippen LogP contribution in [-0.4, -0.2) is 4.57 Å². The first kappa shape index (κ1) is 37.7. The Morgan fingerprint density at radius 2 is 0.800 bits per heavy atom. The van der Waals surface area contributed by atoms with Crippen molar-refractivity contribution in [3.8, 4) is 0 Å². The molecule has 0 amide bonds.